The monoisotopic (exact) mass is 441 g/mol. The number of sulfonamides is 2. The summed E-state index contributed by atoms with van der Waals surface area (Å²) in [7, 11) is -7.64. The van der Waals surface area contributed by atoms with Crippen molar-refractivity contribution in [3.8, 4) is 0 Å². The second-order valence-electron chi connectivity index (χ2n) is 6.69. The molecule has 3 rings (SSSR count). The number of hydrogen-bond donors (Lipinski definition) is 2. The molecule has 8 nitrogen and oxygen atoms in total. The minimum absolute atomic E-state index is 0.00149. The Morgan fingerprint density at radius 1 is 1.00 bits per heavy atom. The van der Waals surface area contributed by atoms with E-state index in [1.54, 1.807) is 6.07 Å². The average molecular weight is 442 g/mol. The van der Waals surface area contributed by atoms with E-state index in [9.17, 15) is 26.0 Å². The molecular weight excluding hydrogens is 421 g/mol. The van der Waals surface area contributed by atoms with Gasteiger partial charge in [-0.15, -0.1) is 0 Å². The Morgan fingerprint density at radius 2 is 1.62 bits per heavy atom. The molecule has 0 bridgehead atoms. The van der Waals surface area contributed by atoms with E-state index >= 15 is 0 Å². The van der Waals surface area contributed by atoms with Crippen molar-refractivity contribution in [2.45, 2.75) is 22.6 Å². The van der Waals surface area contributed by atoms with Gasteiger partial charge in [-0.25, -0.2) is 26.4 Å². The minimum Gasteiger partial charge on any atom is -0.326 e. The molecule has 29 heavy (non-hydrogen) atoms. The van der Waals surface area contributed by atoms with Crippen LogP contribution in [0, 0.1) is 11.7 Å². The van der Waals surface area contributed by atoms with Crippen LogP contribution >= 0.6 is 0 Å². The predicted molar refractivity (Wildman–Crippen MR) is 104 cm³/mol. The first-order valence-electron chi connectivity index (χ1n) is 8.77. The maximum absolute atomic E-state index is 13.0. The highest BCUT2D eigenvalue weighted by molar-refractivity contribution is 7.89. The van der Waals surface area contributed by atoms with Crippen LogP contribution in [0.15, 0.2) is 58.3 Å². The Labute approximate surface area is 168 Å². The van der Waals surface area contributed by atoms with E-state index in [2.05, 4.69) is 5.32 Å². The number of piperidine rings is 1. The molecule has 0 spiro atoms. The van der Waals surface area contributed by atoms with Crippen molar-refractivity contribution in [1.29, 1.82) is 0 Å². The summed E-state index contributed by atoms with van der Waals surface area (Å²) < 4.78 is 62.4. The SMILES string of the molecule is NS(=O)(=O)c1cccc(NC(=O)C2CCN(S(=O)(=O)c3ccc(F)cc3)CC2)c1. The Hall–Kier alpha value is -2.34. The predicted octanol–water partition coefficient (Wildman–Crippen LogP) is 1.51. The molecule has 1 amide bonds. The quantitative estimate of drug-likeness (QED) is 0.727. The van der Waals surface area contributed by atoms with E-state index < -0.39 is 31.8 Å². The summed E-state index contributed by atoms with van der Waals surface area (Å²) in [4.78, 5) is 12.4. The molecule has 1 aliphatic rings. The van der Waals surface area contributed by atoms with E-state index in [1.165, 1.54) is 34.6 Å². The number of nitrogens with one attached hydrogen (secondary N) is 1. The van der Waals surface area contributed by atoms with E-state index in [0.717, 1.165) is 12.1 Å². The summed E-state index contributed by atoms with van der Waals surface area (Å²) in [5, 5.41) is 7.73. The molecule has 0 radical (unpaired) electrons. The van der Waals surface area contributed by atoms with Crippen LogP contribution in [0.4, 0.5) is 10.1 Å². The molecule has 2 aromatic carbocycles. The van der Waals surface area contributed by atoms with E-state index in [1.807, 2.05) is 0 Å². The number of amides is 1. The fourth-order valence-electron chi connectivity index (χ4n) is 3.11. The zero-order valence-corrected chi connectivity index (χ0v) is 16.9. The Morgan fingerprint density at radius 3 is 2.21 bits per heavy atom. The lowest BCUT2D eigenvalue weighted by Crippen LogP contribution is -2.41. The summed E-state index contributed by atoms with van der Waals surface area (Å²) in [6.07, 6.45) is 0.613. The second-order valence-corrected chi connectivity index (χ2v) is 10.2. The third-order valence-electron chi connectivity index (χ3n) is 4.71. The molecule has 3 N–H and O–H groups in total. The van der Waals surface area contributed by atoms with Crippen LogP contribution in [0.2, 0.25) is 0 Å². The Balaban J connectivity index is 1.63. The van der Waals surface area contributed by atoms with Crippen molar-refractivity contribution in [2.24, 2.45) is 11.1 Å². The molecule has 2 aromatic rings. The maximum Gasteiger partial charge on any atom is 0.243 e. The van der Waals surface area contributed by atoms with Crippen molar-refractivity contribution in [1.82, 2.24) is 4.31 Å². The summed E-state index contributed by atoms with van der Waals surface area (Å²) >= 11 is 0. The van der Waals surface area contributed by atoms with Gasteiger partial charge in [-0.05, 0) is 55.3 Å². The van der Waals surface area contributed by atoms with Gasteiger partial charge >= 0.3 is 0 Å². The van der Waals surface area contributed by atoms with Gasteiger partial charge in [0.15, 0.2) is 0 Å². The van der Waals surface area contributed by atoms with Crippen LogP contribution in [0.1, 0.15) is 12.8 Å². The summed E-state index contributed by atoms with van der Waals surface area (Å²) in [5.74, 6) is -1.27. The number of nitrogens with zero attached hydrogens (tertiary/aromatic N) is 1. The van der Waals surface area contributed by atoms with Gasteiger partial charge in [-0.1, -0.05) is 6.07 Å². The first-order chi connectivity index (χ1) is 13.6. The lowest BCUT2D eigenvalue weighted by atomic mass is 9.97. The molecular formula is C18H20FN3O5S2. The number of nitrogens with two attached hydrogens (primary N) is 1. The third kappa shape index (κ3) is 4.99. The number of carbonyl (C=O) groups excluding carboxylic acids is 1. The highest BCUT2D eigenvalue weighted by atomic mass is 32.2. The number of primary sulfonamides is 1. The van der Waals surface area contributed by atoms with Gasteiger partial charge in [0.25, 0.3) is 0 Å². The molecule has 0 saturated carbocycles. The second kappa shape index (κ2) is 8.19. The first-order valence-corrected chi connectivity index (χ1v) is 11.8. The van der Waals surface area contributed by atoms with E-state index in [-0.39, 0.29) is 28.8 Å². The van der Waals surface area contributed by atoms with Crippen LogP contribution in [0.3, 0.4) is 0 Å². The fraction of sp³-hybridized carbons (Fsp3) is 0.278. The normalized spacial score (nSPS) is 16.5. The average Bonchev–Trinajstić information content (AvgIpc) is 2.68. The highest BCUT2D eigenvalue weighted by Gasteiger charge is 2.32. The number of hydrogen-bond acceptors (Lipinski definition) is 5. The van der Waals surface area contributed by atoms with Crippen molar-refractivity contribution in [3.05, 3.63) is 54.3 Å². The molecule has 0 atom stereocenters. The van der Waals surface area contributed by atoms with Crippen molar-refractivity contribution in [3.63, 3.8) is 0 Å². The van der Waals surface area contributed by atoms with Gasteiger partial charge in [0.2, 0.25) is 26.0 Å². The minimum atomic E-state index is -3.89. The van der Waals surface area contributed by atoms with Crippen molar-refractivity contribution < 1.29 is 26.0 Å². The number of carbonyl (C=O) groups is 1. The lowest BCUT2D eigenvalue weighted by molar-refractivity contribution is -0.120. The highest BCUT2D eigenvalue weighted by Crippen LogP contribution is 2.25. The van der Waals surface area contributed by atoms with Crippen LogP contribution in [0.5, 0.6) is 0 Å². The molecule has 11 heteroatoms. The van der Waals surface area contributed by atoms with E-state index in [4.69, 9.17) is 5.14 Å². The molecule has 1 fully saturated rings. The van der Waals surface area contributed by atoms with Gasteiger partial charge in [0.1, 0.15) is 5.82 Å². The number of rotatable bonds is 5. The number of benzene rings is 2. The van der Waals surface area contributed by atoms with Crippen LogP contribution in [-0.2, 0) is 24.8 Å². The van der Waals surface area contributed by atoms with Crippen LogP contribution in [0.25, 0.3) is 0 Å². The van der Waals surface area contributed by atoms with Crippen molar-refractivity contribution in [2.75, 3.05) is 18.4 Å². The summed E-state index contributed by atoms with van der Waals surface area (Å²) in [6.45, 7) is 0.296. The largest absolute Gasteiger partial charge is 0.326 e. The number of halogens is 1. The van der Waals surface area contributed by atoms with Crippen molar-refractivity contribution >= 4 is 31.6 Å². The topological polar surface area (TPSA) is 127 Å². The summed E-state index contributed by atoms with van der Waals surface area (Å²) in [5.41, 5.74) is 0.294. The van der Waals surface area contributed by atoms with Crippen LogP contribution in [-0.4, -0.2) is 40.1 Å². The van der Waals surface area contributed by atoms with Crippen LogP contribution < -0.4 is 10.5 Å². The van der Waals surface area contributed by atoms with Gasteiger partial charge in [-0.2, -0.15) is 4.31 Å². The van der Waals surface area contributed by atoms with Gasteiger partial charge in [0, 0.05) is 24.7 Å². The smallest absolute Gasteiger partial charge is 0.243 e. The van der Waals surface area contributed by atoms with Gasteiger partial charge < -0.3 is 5.32 Å². The van der Waals surface area contributed by atoms with Gasteiger partial charge in [0.05, 0.1) is 9.79 Å². The standard InChI is InChI=1S/C18H20FN3O5S2/c19-14-4-6-16(7-5-14)29(26,27)22-10-8-13(9-11-22)18(23)21-15-2-1-3-17(12-15)28(20,24)25/h1-7,12-13H,8-11H2,(H,21,23)(H2,20,24,25). The first kappa shape index (κ1) is 21.4. The maximum atomic E-state index is 13.0. The molecule has 0 unspecified atom stereocenters. The molecule has 1 aliphatic heterocycles. The lowest BCUT2D eigenvalue weighted by Gasteiger charge is -2.30. The summed E-state index contributed by atoms with van der Waals surface area (Å²) in [6, 6.07) is 10.2. The van der Waals surface area contributed by atoms with Gasteiger partial charge in [-0.3, -0.25) is 4.79 Å². The molecule has 1 saturated heterocycles. The third-order valence-corrected chi connectivity index (χ3v) is 7.53. The Bertz CT molecular complexity index is 1110. The van der Waals surface area contributed by atoms with E-state index in [0.29, 0.717) is 18.5 Å². The molecule has 0 aromatic heterocycles. The molecule has 0 aliphatic carbocycles. The fourth-order valence-corrected chi connectivity index (χ4v) is 5.14. The Kier molecular flexibility index (Phi) is 6.03. The molecule has 156 valence electrons. The zero-order valence-electron chi connectivity index (χ0n) is 15.3. The molecule has 1 heterocycles. The zero-order chi connectivity index (χ0) is 21.2. The number of anilines is 1.